The van der Waals surface area contributed by atoms with Crippen molar-refractivity contribution in [2.75, 3.05) is 0 Å². The van der Waals surface area contributed by atoms with E-state index < -0.39 is 5.97 Å². The Kier molecular flexibility index (Phi) is 11.1. The second-order valence-electron chi connectivity index (χ2n) is 9.44. The summed E-state index contributed by atoms with van der Waals surface area (Å²) in [7, 11) is 0. The van der Waals surface area contributed by atoms with Gasteiger partial charge in [0.2, 0.25) is 0 Å². The number of cyclic esters (lactones) is 2. The first kappa shape index (κ1) is 27.9. The average molecular weight is 509 g/mol. The topological polar surface area (TPSA) is 105 Å². The van der Waals surface area contributed by atoms with E-state index in [4.69, 9.17) is 18.3 Å². The largest absolute Gasteiger partial charge is 0.458 e. The average Bonchev–Trinajstić information content (AvgIpc) is 3.58. The van der Waals surface area contributed by atoms with Gasteiger partial charge in [0, 0.05) is 24.5 Å². The van der Waals surface area contributed by atoms with Gasteiger partial charge < -0.3 is 18.3 Å². The fourth-order valence-corrected chi connectivity index (χ4v) is 3.99. The molecule has 198 valence electrons. The van der Waals surface area contributed by atoms with Crippen molar-refractivity contribution >= 4 is 11.9 Å². The predicted octanol–water partition coefficient (Wildman–Crippen LogP) is 5.73. The van der Waals surface area contributed by atoms with Crippen LogP contribution in [0.2, 0.25) is 0 Å². The number of allylic oxidation sites excluding steroid dienone is 6. The van der Waals surface area contributed by atoms with Crippen molar-refractivity contribution in [3.63, 3.8) is 0 Å². The molecule has 4 atom stereocenters. The van der Waals surface area contributed by atoms with Gasteiger partial charge >= 0.3 is 11.9 Å². The third-order valence-electron chi connectivity index (χ3n) is 6.43. The van der Waals surface area contributed by atoms with Crippen molar-refractivity contribution < 1.29 is 27.9 Å². The molecule has 1 aliphatic heterocycles. The van der Waals surface area contributed by atoms with Crippen LogP contribution in [0, 0.1) is 11.8 Å². The molecule has 0 saturated carbocycles. The number of hydrogen-bond donors (Lipinski definition) is 0. The van der Waals surface area contributed by atoms with Crippen LogP contribution in [0.4, 0.5) is 0 Å². The van der Waals surface area contributed by atoms with Crippen LogP contribution in [-0.4, -0.2) is 34.1 Å². The van der Waals surface area contributed by atoms with Crippen LogP contribution in [0.25, 0.3) is 0 Å². The molecule has 8 heteroatoms. The third kappa shape index (κ3) is 9.71. The molecule has 3 heterocycles. The fraction of sp³-hybridized carbons (Fsp3) is 0.448. The summed E-state index contributed by atoms with van der Waals surface area (Å²) in [6.45, 7) is 5.85. The van der Waals surface area contributed by atoms with Gasteiger partial charge in [0.25, 0.3) is 0 Å². The van der Waals surface area contributed by atoms with E-state index in [9.17, 15) is 9.59 Å². The maximum absolute atomic E-state index is 12.8. The lowest BCUT2D eigenvalue weighted by Crippen LogP contribution is -2.28. The van der Waals surface area contributed by atoms with E-state index >= 15 is 0 Å². The number of aromatic nitrogens is 2. The van der Waals surface area contributed by atoms with Gasteiger partial charge in [0.05, 0.1) is 12.4 Å². The molecule has 4 unspecified atom stereocenters. The standard InChI is InChI=1S/C29H36N2O6/c1-21-12-8-6-9-13-23(3)29(33)37-27(16-25-18-31-20-35-25)22(2)11-7-4-5-10-14-28(32)36-26(21)15-24-17-30-19-34-24/h4-6,9-10,13-14,17-22,26-27H,7-8,11-12,15-16H2,1-3H3. The molecule has 0 bridgehead atoms. The van der Waals surface area contributed by atoms with Crippen molar-refractivity contribution in [1.29, 1.82) is 0 Å². The molecule has 8 nitrogen and oxygen atoms in total. The van der Waals surface area contributed by atoms with Gasteiger partial charge in [-0.2, -0.15) is 0 Å². The summed E-state index contributed by atoms with van der Waals surface area (Å²) in [6, 6.07) is 0. The number of carbonyl (C=O) groups excluding carboxylic acids is 2. The zero-order valence-corrected chi connectivity index (χ0v) is 21.7. The summed E-state index contributed by atoms with van der Waals surface area (Å²) >= 11 is 0. The van der Waals surface area contributed by atoms with Gasteiger partial charge in [-0.05, 0) is 44.4 Å². The minimum atomic E-state index is -0.392. The van der Waals surface area contributed by atoms with E-state index in [1.807, 2.05) is 31.2 Å². The van der Waals surface area contributed by atoms with E-state index in [2.05, 4.69) is 16.9 Å². The SMILES string of the molecule is CC1=CC=CCCC(C)C(Cc2cnco2)OC(=O)C=CC=CCCC(C)C(Cc2cnco2)OC1=O. The number of ether oxygens (including phenoxy) is 2. The number of carbonyl (C=O) groups is 2. The lowest BCUT2D eigenvalue weighted by molar-refractivity contribution is -0.147. The van der Waals surface area contributed by atoms with Crippen LogP contribution in [0.5, 0.6) is 0 Å². The smallest absolute Gasteiger partial charge is 0.334 e. The summed E-state index contributed by atoms with van der Waals surface area (Å²) in [6.07, 6.45) is 21.9. The van der Waals surface area contributed by atoms with Gasteiger partial charge in [-0.15, -0.1) is 0 Å². The van der Waals surface area contributed by atoms with Gasteiger partial charge in [-0.25, -0.2) is 19.6 Å². The molecule has 37 heavy (non-hydrogen) atoms. The quantitative estimate of drug-likeness (QED) is 0.482. The lowest BCUT2D eigenvalue weighted by Gasteiger charge is -2.23. The molecule has 0 fully saturated rings. The second kappa shape index (κ2) is 14.8. The van der Waals surface area contributed by atoms with E-state index in [1.165, 1.54) is 18.9 Å². The zero-order chi connectivity index (χ0) is 26.5. The Bertz CT molecular complexity index is 1080. The van der Waals surface area contributed by atoms with Crippen LogP contribution in [0.3, 0.4) is 0 Å². The molecule has 0 amide bonds. The molecule has 3 rings (SSSR count). The minimum absolute atomic E-state index is 0.0833. The fourth-order valence-electron chi connectivity index (χ4n) is 3.99. The van der Waals surface area contributed by atoms with Crippen LogP contribution in [0.15, 0.2) is 82.1 Å². The Morgan fingerprint density at radius 3 is 1.95 bits per heavy atom. The van der Waals surface area contributed by atoms with E-state index in [1.54, 1.807) is 31.5 Å². The highest BCUT2D eigenvalue weighted by atomic mass is 16.5. The predicted molar refractivity (Wildman–Crippen MR) is 138 cm³/mol. The summed E-state index contributed by atoms with van der Waals surface area (Å²) < 4.78 is 22.4. The first-order valence-electron chi connectivity index (χ1n) is 12.7. The van der Waals surface area contributed by atoms with Crippen LogP contribution in [-0.2, 0) is 31.9 Å². The zero-order valence-electron chi connectivity index (χ0n) is 21.7. The summed E-state index contributed by atoms with van der Waals surface area (Å²) in [5.41, 5.74) is 0.524. The molecular formula is C29H36N2O6. The van der Waals surface area contributed by atoms with Crippen molar-refractivity contribution in [2.24, 2.45) is 11.8 Å². The molecule has 0 N–H and O–H groups in total. The van der Waals surface area contributed by atoms with Crippen LogP contribution in [0.1, 0.15) is 58.0 Å². The van der Waals surface area contributed by atoms with Gasteiger partial charge in [-0.1, -0.05) is 50.3 Å². The number of hydrogen-bond acceptors (Lipinski definition) is 8. The summed E-state index contributed by atoms with van der Waals surface area (Å²) in [5, 5.41) is 0. The highest BCUT2D eigenvalue weighted by molar-refractivity contribution is 5.88. The summed E-state index contributed by atoms with van der Waals surface area (Å²) in [4.78, 5) is 33.2. The third-order valence-corrected chi connectivity index (χ3v) is 6.43. The maximum atomic E-state index is 12.8. The normalized spacial score (nSPS) is 24.8. The second-order valence-corrected chi connectivity index (χ2v) is 9.44. The number of oxazole rings is 2. The molecule has 1 aliphatic rings. The molecule has 2 aromatic rings. The Morgan fingerprint density at radius 2 is 1.38 bits per heavy atom. The molecular weight excluding hydrogens is 472 g/mol. The van der Waals surface area contributed by atoms with Crippen molar-refractivity contribution in [2.45, 2.75) is 71.5 Å². The maximum Gasteiger partial charge on any atom is 0.334 e. The van der Waals surface area contributed by atoms with E-state index in [0.717, 1.165) is 25.7 Å². The van der Waals surface area contributed by atoms with Crippen molar-refractivity contribution in [1.82, 2.24) is 9.97 Å². The van der Waals surface area contributed by atoms with Crippen molar-refractivity contribution in [3.05, 3.63) is 84.8 Å². The molecule has 0 aliphatic carbocycles. The van der Waals surface area contributed by atoms with E-state index in [-0.39, 0.29) is 30.0 Å². The van der Waals surface area contributed by atoms with Gasteiger partial charge in [0.15, 0.2) is 12.8 Å². The Hall–Kier alpha value is -3.68. The van der Waals surface area contributed by atoms with Crippen molar-refractivity contribution in [3.8, 4) is 0 Å². The number of rotatable bonds is 4. The monoisotopic (exact) mass is 508 g/mol. The first-order chi connectivity index (χ1) is 17.9. The number of nitrogens with zero attached hydrogens (tertiary/aromatic N) is 2. The summed E-state index contributed by atoms with van der Waals surface area (Å²) in [5.74, 6) is 0.777. The Morgan fingerprint density at radius 1 is 0.811 bits per heavy atom. The Labute approximate surface area is 218 Å². The van der Waals surface area contributed by atoms with Crippen LogP contribution < -0.4 is 0 Å². The van der Waals surface area contributed by atoms with Gasteiger partial charge in [0.1, 0.15) is 23.7 Å². The molecule has 0 saturated heterocycles. The molecule has 2 aromatic heterocycles. The first-order valence-corrected chi connectivity index (χ1v) is 12.7. The minimum Gasteiger partial charge on any atom is -0.458 e. The Balaban J connectivity index is 1.73. The molecule has 0 radical (unpaired) electrons. The lowest BCUT2D eigenvalue weighted by atomic mass is 9.95. The highest BCUT2D eigenvalue weighted by Crippen LogP contribution is 2.22. The molecule has 0 spiro atoms. The van der Waals surface area contributed by atoms with Gasteiger partial charge in [-0.3, -0.25) is 0 Å². The molecule has 0 aromatic carbocycles. The van der Waals surface area contributed by atoms with Crippen LogP contribution >= 0.6 is 0 Å². The highest BCUT2D eigenvalue weighted by Gasteiger charge is 2.24. The van der Waals surface area contributed by atoms with E-state index in [0.29, 0.717) is 29.9 Å². The number of esters is 2.